The number of hydrogen-bond donors (Lipinski definition) is 1. The molecule has 1 N–H and O–H groups in total. The molecule has 0 saturated carbocycles. The van der Waals surface area contributed by atoms with Gasteiger partial charge in [0.15, 0.2) is 6.04 Å². The van der Waals surface area contributed by atoms with E-state index in [2.05, 4.69) is 10.4 Å². The van der Waals surface area contributed by atoms with Crippen LogP contribution in [0.2, 0.25) is 0 Å². The topological polar surface area (TPSA) is 46.9 Å². The van der Waals surface area contributed by atoms with Crippen molar-refractivity contribution in [2.45, 2.75) is 45.5 Å². The highest BCUT2D eigenvalue weighted by Gasteiger charge is 2.42. The van der Waals surface area contributed by atoms with Gasteiger partial charge in [-0.1, -0.05) is 44.2 Å². The van der Waals surface area contributed by atoms with E-state index in [0.717, 1.165) is 0 Å². The quantitative estimate of drug-likeness (QED) is 0.893. The minimum Gasteiger partial charge on any atom is -0.335 e. The summed E-state index contributed by atoms with van der Waals surface area (Å²) in [4.78, 5) is 12.4. The molecule has 1 aromatic carbocycles. The third-order valence-corrected chi connectivity index (χ3v) is 3.66. The smallest absolute Gasteiger partial charge is 0.335 e. The first-order valence-corrected chi connectivity index (χ1v) is 7.74. The van der Waals surface area contributed by atoms with Crippen molar-refractivity contribution in [1.29, 1.82) is 0 Å². The number of hydrogen-bond acceptors (Lipinski definition) is 2. The fourth-order valence-corrected chi connectivity index (χ4v) is 2.35. The van der Waals surface area contributed by atoms with Crippen LogP contribution in [-0.2, 0) is 6.54 Å². The van der Waals surface area contributed by atoms with Crippen molar-refractivity contribution in [2.75, 3.05) is 0 Å². The van der Waals surface area contributed by atoms with Crippen molar-refractivity contribution in [3.05, 3.63) is 53.3 Å². The summed E-state index contributed by atoms with van der Waals surface area (Å²) in [6.45, 7) is 6.00. The van der Waals surface area contributed by atoms with Gasteiger partial charge < -0.3 is 5.32 Å². The summed E-state index contributed by atoms with van der Waals surface area (Å²) < 4.78 is 41.5. The predicted molar refractivity (Wildman–Crippen MR) is 84.7 cm³/mol. The monoisotopic (exact) mass is 339 g/mol. The maximum atomic E-state index is 13.4. The number of amides is 1. The van der Waals surface area contributed by atoms with Crippen LogP contribution in [0, 0.1) is 0 Å². The van der Waals surface area contributed by atoms with Gasteiger partial charge in [-0.05, 0) is 24.5 Å². The van der Waals surface area contributed by atoms with E-state index in [-0.39, 0.29) is 17.2 Å². The van der Waals surface area contributed by atoms with Gasteiger partial charge in [0, 0.05) is 6.54 Å². The van der Waals surface area contributed by atoms with E-state index in [4.69, 9.17) is 0 Å². The van der Waals surface area contributed by atoms with E-state index in [0.29, 0.717) is 12.2 Å². The first-order chi connectivity index (χ1) is 11.2. The summed E-state index contributed by atoms with van der Waals surface area (Å²) in [5, 5.41) is 6.36. The van der Waals surface area contributed by atoms with Crippen molar-refractivity contribution in [2.24, 2.45) is 0 Å². The molecule has 1 aromatic heterocycles. The van der Waals surface area contributed by atoms with Gasteiger partial charge in [-0.2, -0.15) is 18.3 Å². The minimum absolute atomic E-state index is 0.00926. The van der Waals surface area contributed by atoms with E-state index in [1.807, 2.05) is 13.8 Å². The average Bonchev–Trinajstić information content (AvgIpc) is 2.96. The molecule has 1 heterocycles. The van der Waals surface area contributed by atoms with Gasteiger partial charge in [0.1, 0.15) is 5.69 Å². The predicted octanol–water partition coefficient (Wildman–Crippen LogP) is 4.06. The number of carbonyl (C=O) groups excluding carboxylic acids is 1. The van der Waals surface area contributed by atoms with Crippen LogP contribution in [-0.4, -0.2) is 21.9 Å². The van der Waals surface area contributed by atoms with Crippen molar-refractivity contribution in [1.82, 2.24) is 15.1 Å². The first kappa shape index (κ1) is 18.0. The van der Waals surface area contributed by atoms with Crippen LogP contribution in [0.5, 0.6) is 0 Å². The number of nitrogens with zero attached hydrogens (tertiary/aromatic N) is 2. The molecule has 0 radical (unpaired) electrons. The number of halogens is 3. The molecule has 1 atom stereocenters. The summed E-state index contributed by atoms with van der Waals surface area (Å²) >= 11 is 0. The summed E-state index contributed by atoms with van der Waals surface area (Å²) in [5.41, 5.74) is 0.793. The number of rotatable bonds is 5. The molecule has 0 fully saturated rings. The van der Waals surface area contributed by atoms with Crippen LogP contribution in [0.3, 0.4) is 0 Å². The van der Waals surface area contributed by atoms with E-state index < -0.39 is 18.1 Å². The third-order valence-electron chi connectivity index (χ3n) is 3.66. The van der Waals surface area contributed by atoms with E-state index in [9.17, 15) is 18.0 Å². The van der Waals surface area contributed by atoms with Crippen LogP contribution in [0.4, 0.5) is 13.2 Å². The molecular weight excluding hydrogens is 319 g/mol. The Kier molecular flexibility index (Phi) is 5.31. The molecule has 0 spiro atoms. The second-order valence-electron chi connectivity index (χ2n) is 5.78. The Morgan fingerprint density at radius 3 is 2.38 bits per heavy atom. The third kappa shape index (κ3) is 3.96. The van der Waals surface area contributed by atoms with Crippen molar-refractivity contribution < 1.29 is 18.0 Å². The molecule has 0 aliphatic rings. The van der Waals surface area contributed by atoms with Gasteiger partial charge in [-0.15, -0.1) is 0 Å². The van der Waals surface area contributed by atoms with Gasteiger partial charge in [0.2, 0.25) is 0 Å². The molecule has 0 bridgehead atoms. The van der Waals surface area contributed by atoms with E-state index in [1.165, 1.54) is 28.9 Å². The molecule has 24 heavy (non-hydrogen) atoms. The second kappa shape index (κ2) is 7.07. The van der Waals surface area contributed by atoms with Gasteiger partial charge in [-0.25, -0.2) is 0 Å². The standard InChI is InChI=1S/C17H20F3N3O/c1-4-23-14(10-13(22-23)11(2)3)16(24)21-15(17(18,19)20)12-8-6-5-7-9-12/h5-11,15H,4H2,1-3H3,(H,21,24). The van der Waals surface area contributed by atoms with Gasteiger partial charge in [0.25, 0.3) is 5.91 Å². The number of nitrogens with one attached hydrogen (secondary N) is 1. The highest BCUT2D eigenvalue weighted by molar-refractivity contribution is 5.93. The fourth-order valence-electron chi connectivity index (χ4n) is 2.35. The molecule has 1 unspecified atom stereocenters. The second-order valence-corrected chi connectivity index (χ2v) is 5.78. The summed E-state index contributed by atoms with van der Waals surface area (Å²) in [5.74, 6) is -0.709. The number of aromatic nitrogens is 2. The molecule has 0 saturated heterocycles. The Balaban J connectivity index is 2.32. The zero-order valence-corrected chi connectivity index (χ0v) is 13.8. The lowest BCUT2D eigenvalue weighted by Crippen LogP contribution is -2.38. The minimum atomic E-state index is -4.59. The fraction of sp³-hybridized carbons (Fsp3) is 0.412. The lowest BCUT2D eigenvalue weighted by Gasteiger charge is -2.22. The Bertz CT molecular complexity index is 693. The molecule has 0 aliphatic heterocycles. The highest BCUT2D eigenvalue weighted by atomic mass is 19.4. The molecule has 2 aromatic rings. The normalized spacial score (nSPS) is 13.1. The summed E-state index contributed by atoms with van der Waals surface area (Å²) in [6.07, 6.45) is -4.59. The van der Waals surface area contributed by atoms with Crippen LogP contribution in [0.1, 0.15) is 54.5 Å². The average molecular weight is 339 g/mol. The first-order valence-electron chi connectivity index (χ1n) is 7.74. The van der Waals surface area contributed by atoms with E-state index in [1.54, 1.807) is 19.1 Å². The largest absolute Gasteiger partial charge is 0.412 e. The molecular formula is C17H20F3N3O. The van der Waals surface area contributed by atoms with Gasteiger partial charge in [-0.3, -0.25) is 9.48 Å². The SMILES string of the molecule is CCn1nc(C(C)C)cc1C(=O)NC(c1ccccc1)C(F)(F)F. The van der Waals surface area contributed by atoms with Gasteiger partial charge in [0.05, 0.1) is 5.69 Å². The highest BCUT2D eigenvalue weighted by Crippen LogP contribution is 2.32. The molecule has 2 rings (SSSR count). The number of alkyl halides is 3. The zero-order chi connectivity index (χ0) is 17.9. The maximum Gasteiger partial charge on any atom is 0.412 e. The number of carbonyl (C=O) groups is 1. The zero-order valence-electron chi connectivity index (χ0n) is 13.8. The lowest BCUT2D eigenvalue weighted by molar-refractivity contribution is -0.155. The Hall–Kier alpha value is -2.31. The van der Waals surface area contributed by atoms with Crippen LogP contribution < -0.4 is 5.32 Å². The Morgan fingerprint density at radius 1 is 1.25 bits per heavy atom. The van der Waals surface area contributed by atoms with Crippen molar-refractivity contribution in [3.63, 3.8) is 0 Å². The van der Waals surface area contributed by atoms with Crippen molar-refractivity contribution >= 4 is 5.91 Å². The summed E-state index contributed by atoms with van der Waals surface area (Å²) in [7, 11) is 0. The number of aryl methyl sites for hydroxylation is 1. The Morgan fingerprint density at radius 2 is 1.88 bits per heavy atom. The molecule has 7 heteroatoms. The van der Waals surface area contributed by atoms with Crippen LogP contribution >= 0.6 is 0 Å². The Labute approximate surface area is 138 Å². The molecule has 130 valence electrons. The van der Waals surface area contributed by atoms with Gasteiger partial charge >= 0.3 is 6.18 Å². The lowest BCUT2D eigenvalue weighted by atomic mass is 10.1. The van der Waals surface area contributed by atoms with Crippen LogP contribution in [0.25, 0.3) is 0 Å². The molecule has 0 aliphatic carbocycles. The summed E-state index contributed by atoms with van der Waals surface area (Å²) in [6, 6.07) is 6.81. The number of benzene rings is 1. The van der Waals surface area contributed by atoms with Crippen LogP contribution in [0.15, 0.2) is 36.4 Å². The molecule has 1 amide bonds. The molecule has 4 nitrogen and oxygen atoms in total. The van der Waals surface area contributed by atoms with E-state index >= 15 is 0 Å². The van der Waals surface area contributed by atoms with Crippen molar-refractivity contribution in [3.8, 4) is 0 Å². The maximum absolute atomic E-state index is 13.4.